The third-order valence-corrected chi connectivity index (χ3v) is 19.6. The Morgan fingerprint density at radius 3 is 1.16 bits per heavy atom. The van der Waals surface area contributed by atoms with Crippen molar-refractivity contribution in [3.8, 4) is 0 Å². The van der Waals surface area contributed by atoms with E-state index < -0.39 is 295 Å². The molecule has 0 saturated heterocycles. The number of ether oxygens (including phenoxy) is 3. The highest BCUT2D eigenvalue weighted by Gasteiger charge is 2.49. The predicted molar refractivity (Wildman–Crippen MR) is 398 cm³/mol. The van der Waals surface area contributed by atoms with Gasteiger partial charge in [0.2, 0.25) is 0 Å². The maximum absolute atomic E-state index is 14.8. The Morgan fingerprint density at radius 2 is 0.833 bits per heavy atom. The average Bonchev–Trinajstić information content (AvgIpc) is 1.51. The second-order valence-corrected chi connectivity index (χ2v) is 27.0. The smallest absolute Gasteiger partial charge is 0.191 e. The molecule has 30 nitrogen and oxygen atoms in total. The first kappa shape index (κ1) is 46.6. The van der Waals surface area contributed by atoms with E-state index in [0.29, 0.717) is 11.8 Å². The molecular weight excluding hydrogens is 1460 g/mol. The van der Waals surface area contributed by atoms with Gasteiger partial charge in [0.15, 0.2) is 66.4 Å². The second-order valence-electron chi connectivity index (χ2n) is 24.6. The fourth-order valence-corrected chi connectivity index (χ4v) is 13.3. The monoisotopic (exact) mass is 1590 g/mol. The largest absolute Gasteiger partial charge is 0.394 e. The molecule has 12 N–H and O–H groups in total. The number of nitrogens with one attached hydrogen (secondary N) is 3. The summed E-state index contributed by atoms with van der Waals surface area (Å²) in [5.74, 6) is -9.50. The van der Waals surface area contributed by atoms with E-state index in [1.54, 1.807) is 6.92 Å². The lowest BCUT2D eigenvalue weighted by Gasteiger charge is -2.17. The highest BCUT2D eigenvalue weighted by atomic mass is 32.2. The number of aliphatic hydroxyl groups is 9. The van der Waals surface area contributed by atoms with Gasteiger partial charge in [0, 0.05) is 94.1 Å². The van der Waals surface area contributed by atoms with Gasteiger partial charge in [-0.2, -0.15) is 0 Å². The lowest BCUT2D eigenvalue weighted by atomic mass is 10.1. The van der Waals surface area contributed by atoms with E-state index in [2.05, 4.69) is 76.8 Å². The fraction of sp³-hybridized carbons (Fsp3) is 0.583. The van der Waals surface area contributed by atoms with Crippen LogP contribution in [0.5, 0.6) is 0 Å². The molecule has 6 heterocycles. The van der Waals surface area contributed by atoms with Crippen LogP contribution in [-0.2, 0) is 14.2 Å². The number of halogens is 3. The van der Waals surface area contributed by atoms with Gasteiger partial charge in [-0.15, -0.1) is 15.3 Å². The van der Waals surface area contributed by atoms with Crippen molar-refractivity contribution in [1.82, 2.24) is 74.9 Å². The van der Waals surface area contributed by atoms with E-state index in [0.717, 1.165) is 27.9 Å². The van der Waals surface area contributed by atoms with Crippen LogP contribution < -0.4 is 16.0 Å². The van der Waals surface area contributed by atoms with E-state index >= 15 is 0 Å². The number of anilines is 3. The molecule has 0 unspecified atom stereocenters. The highest BCUT2D eigenvalue weighted by molar-refractivity contribution is 7.99. The second kappa shape index (κ2) is 35.1. The van der Waals surface area contributed by atoms with Crippen LogP contribution in [0.3, 0.4) is 0 Å². The van der Waals surface area contributed by atoms with E-state index in [4.69, 9.17) is 65.9 Å². The standard InChI is InChI=1S/3C24H31FN6O4S/c3*1-3-8-36-24-27-22(26-16-10-14(16)13-5-4-12(2)15(25)9-13)19-23(28-24)31(30-29-19)17-11-18(35-7-6-32)21(34)20(17)33/h3*4-5,9,14,16-18,20-21,32-34H,3,6-8,10-11H2,1-2H3,(H,26,27,28)/t3*14-,16+,17+,18-,20-,21+/m000/s1/i4D,5D,6D2,7D2,8D2,9D,10D2,16D;3D2,4D,5D,6D2,8D2,9D,10D2,16D;3D2,4D,5D,8D2,9D,10D2,16D. The van der Waals surface area contributed by atoms with Crippen molar-refractivity contribution >= 4 is 86.2 Å². The van der Waals surface area contributed by atoms with Crippen molar-refractivity contribution in [2.45, 2.75) is 223 Å². The minimum atomic E-state index is -3.47. The third-order valence-electron chi connectivity index (χ3n) is 17.5. The number of hydrogen-bond donors (Lipinski definition) is 12. The van der Waals surface area contributed by atoms with Crippen molar-refractivity contribution in [3.63, 3.8) is 0 Å². The molecule has 0 spiro atoms. The molecule has 0 aliphatic heterocycles. The molecule has 36 heteroatoms. The number of benzene rings is 3. The number of thioether (sulfide) groups is 3. The van der Waals surface area contributed by atoms with Crippen molar-refractivity contribution in [2.75, 3.05) is 72.6 Å². The number of rotatable bonds is 30. The normalized spacial score (nSPS) is 36.7. The molecule has 18 atom stereocenters. The molecule has 108 heavy (non-hydrogen) atoms. The van der Waals surface area contributed by atoms with Gasteiger partial charge in [0.1, 0.15) is 54.1 Å². The van der Waals surface area contributed by atoms with Crippen molar-refractivity contribution < 1.29 is 120 Å². The summed E-state index contributed by atoms with van der Waals surface area (Å²) in [4.78, 5) is 25.5. The topological polar surface area (TPSA) is 415 Å². The summed E-state index contributed by atoms with van der Waals surface area (Å²) >= 11 is 1.07. The summed E-state index contributed by atoms with van der Waals surface area (Å²) < 4.78 is 341. The molecule has 0 radical (unpaired) electrons. The lowest BCUT2D eigenvalue weighted by molar-refractivity contribution is -0.0629. The van der Waals surface area contributed by atoms with Gasteiger partial charge in [0.25, 0.3) is 0 Å². The molecule has 6 aliphatic carbocycles. The Kier molecular flexibility index (Phi) is 15.1. The Bertz CT molecular complexity index is 6300. The summed E-state index contributed by atoms with van der Waals surface area (Å²) in [5.41, 5.74) is -10.9. The van der Waals surface area contributed by atoms with Gasteiger partial charge in [-0.05, 0) is 111 Å². The molecule has 6 fully saturated rings. The van der Waals surface area contributed by atoms with Gasteiger partial charge in [-0.3, -0.25) is 0 Å². The summed E-state index contributed by atoms with van der Waals surface area (Å²) in [6.45, 7) is -3.64. The number of hydrogen-bond acceptors (Lipinski definition) is 30. The molecular formula is C72H93F3N18O12S3. The SMILES string of the molecule is [2H]c1c([2H])c([C@@H]2C([2H])([2H])[C@@]2([2H])Nc2nc(SC([2H])([2H])C([2H])([2H])C)nc3c2nnn3[C@@H]2C[C@H](OCC([2H])([2H])O)[C@@H](O)[C@H]2O)c([2H])c(F)c1C.[2H]c1c([2H])c([C@@H]2C([2H])([2H])[C@@]2([2H])Nc2nc(SC([2H])([2H])C([2H])([2H])C)nc3c2nnn3[C@@H]2C[C@H](OCCO)[C@@H](O)[C@H]2O)c([2H])c(F)c1C.[2H]c1c([2H])c([C@@H]2C([2H])([2H])[C@@]2([2H])Nc2nc(SC([2H])([2H])CC)nc3c2nnn3[C@@H]2C[C@H](OC([2H])([2H])C([2H])([2H])O)[C@@H](O)[C@H]2O)c([2H])c(F)c1C. The fourth-order valence-electron chi connectivity index (χ4n) is 11.9. The molecule has 0 bridgehead atoms. The summed E-state index contributed by atoms with van der Waals surface area (Å²) in [6.07, 6.45) is -26.4. The van der Waals surface area contributed by atoms with Crippen molar-refractivity contribution in [2.24, 2.45) is 0 Å². The molecule has 582 valence electrons. The zero-order valence-corrected chi connectivity index (χ0v) is 59.9. The zero-order chi connectivity index (χ0) is 107. The minimum absolute atomic E-state index is 0.00770. The molecule has 6 aromatic heterocycles. The third kappa shape index (κ3) is 17.5. The number of aromatic nitrogens is 15. The predicted octanol–water partition coefficient (Wildman–Crippen LogP) is 6.55. The summed E-state index contributed by atoms with van der Waals surface area (Å²) in [6, 6.07) is -16.8. The van der Waals surface area contributed by atoms with Gasteiger partial charge in [0.05, 0.1) is 101 Å². The summed E-state index contributed by atoms with van der Waals surface area (Å²) in [7, 11) is 0. The van der Waals surface area contributed by atoms with E-state index in [-0.39, 0.29) is 123 Å². The quantitative estimate of drug-likeness (QED) is 0.0168. The summed E-state index contributed by atoms with van der Waals surface area (Å²) in [5, 5.41) is 123. The Balaban J connectivity index is 0.000000179. The van der Waals surface area contributed by atoms with Crippen LogP contribution in [0, 0.1) is 38.2 Å². The molecule has 6 aliphatic rings. The molecule has 15 rings (SSSR count). The highest BCUT2D eigenvalue weighted by Crippen LogP contribution is 2.48. The Labute approximate surface area is 681 Å². The molecule has 0 amide bonds. The number of nitrogens with zero attached hydrogens (tertiary/aromatic N) is 15. The Hall–Kier alpha value is -7.14. The van der Waals surface area contributed by atoms with E-state index in [9.17, 15) is 54.0 Å². The first-order chi connectivity index (χ1) is 64.9. The van der Waals surface area contributed by atoms with Gasteiger partial charge < -0.3 is 76.1 Å². The van der Waals surface area contributed by atoms with Gasteiger partial charge in [-0.25, -0.2) is 57.1 Å². The first-order valence-corrected chi connectivity index (χ1v) is 35.5. The van der Waals surface area contributed by atoms with Crippen molar-refractivity contribution in [3.05, 3.63) is 105 Å². The molecule has 3 aromatic carbocycles. The van der Waals surface area contributed by atoms with Crippen LogP contribution in [0.4, 0.5) is 30.6 Å². The first-order valence-electron chi connectivity index (χ1n) is 50.1. The van der Waals surface area contributed by atoms with Crippen LogP contribution in [0.25, 0.3) is 33.5 Å². The van der Waals surface area contributed by atoms with Crippen molar-refractivity contribution in [1.29, 1.82) is 0 Å². The molecule has 6 saturated carbocycles. The molecule has 9 aromatic rings. The maximum atomic E-state index is 14.8. The number of fused-ring (bicyclic) bond motifs is 3. The maximum Gasteiger partial charge on any atom is 0.191 e. The average molecular weight is 1590 g/mol. The van der Waals surface area contributed by atoms with Gasteiger partial charge >= 0.3 is 0 Å². The van der Waals surface area contributed by atoms with E-state index in [1.807, 2.05) is 0 Å². The van der Waals surface area contributed by atoms with Crippen LogP contribution in [0.1, 0.15) is 194 Å². The number of aliphatic hydroxyl groups excluding tert-OH is 7. The van der Waals surface area contributed by atoms with Crippen LogP contribution in [-0.4, -0.2) is 250 Å². The zero-order valence-electron chi connectivity index (χ0n) is 91.4. The van der Waals surface area contributed by atoms with Crippen LogP contribution >= 0.6 is 35.3 Å². The van der Waals surface area contributed by atoms with E-state index in [1.165, 1.54) is 20.8 Å². The minimum Gasteiger partial charge on any atom is -0.394 e. The van der Waals surface area contributed by atoms with Gasteiger partial charge in [-0.1, -0.05) is 108 Å². The Morgan fingerprint density at radius 1 is 0.491 bits per heavy atom. The van der Waals surface area contributed by atoms with Crippen LogP contribution in [0.15, 0.2) is 69.9 Å². The van der Waals surface area contributed by atoms with Crippen LogP contribution in [0.2, 0.25) is 0 Å². The lowest BCUT2D eigenvalue weighted by Crippen LogP contribution is -2.33.